The molecule has 25 heavy (non-hydrogen) atoms. The van der Waals surface area contributed by atoms with Crippen LogP contribution in [-0.2, 0) is 11.2 Å². The summed E-state index contributed by atoms with van der Waals surface area (Å²) in [7, 11) is 1.82. The summed E-state index contributed by atoms with van der Waals surface area (Å²) in [6, 6.07) is 10.9. The van der Waals surface area contributed by atoms with Crippen molar-refractivity contribution in [1.82, 2.24) is 9.80 Å². The van der Waals surface area contributed by atoms with E-state index in [2.05, 4.69) is 60.9 Å². The molecule has 1 atom stereocenters. The molecule has 0 aliphatic carbocycles. The van der Waals surface area contributed by atoms with Gasteiger partial charge in [0.05, 0.1) is 5.60 Å². The van der Waals surface area contributed by atoms with E-state index in [0.717, 1.165) is 19.0 Å². The lowest BCUT2D eigenvalue weighted by atomic mass is 9.99. The average Bonchev–Trinajstić information content (AvgIpc) is 2.85. The Kier molecular flexibility index (Phi) is 8.41. The smallest absolute Gasteiger partial charge is 0.0749 e. The molecule has 0 bridgehead atoms. The lowest BCUT2D eigenvalue weighted by Crippen LogP contribution is -2.42. The van der Waals surface area contributed by atoms with Crippen LogP contribution < -0.4 is 0 Å². The van der Waals surface area contributed by atoms with Crippen LogP contribution in [0.3, 0.4) is 0 Å². The lowest BCUT2D eigenvalue weighted by molar-refractivity contribution is -0.00994. The molecule has 0 saturated carbocycles. The Bertz CT molecular complexity index is 474. The SMILES string of the molecule is CCN(CC1CCCN(CCc2ccccc2)CC1)CC(C)(C)OC. The summed E-state index contributed by atoms with van der Waals surface area (Å²) in [5.41, 5.74) is 1.41. The lowest BCUT2D eigenvalue weighted by Gasteiger charge is -2.33. The van der Waals surface area contributed by atoms with Crippen LogP contribution in [0.1, 0.15) is 45.6 Å². The zero-order valence-corrected chi connectivity index (χ0v) is 16.8. The van der Waals surface area contributed by atoms with Gasteiger partial charge < -0.3 is 14.5 Å². The first-order valence-electron chi connectivity index (χ1n) is 10.1. The molecule has 0 N–H and O–H groups in total. The standard InChI is InChI=1S/C22H38N2O/c1-5-23(19-22(2,3)25-4)18-21-12-9-15-24(17-14-21)16-13-20-10-7-6-8-11-20/h6-8,10-11,21H,5,9,12-19H2,1-4H3. The third kappa shape index (κ3) is 7.47. The van der Waals surface area contributed by atoms with Crippen LogP contribution in [0, 0.1) is 5.92 Å². The Morgan fingerprint density at radius 1 is 1.16 bits per heavy atom. The minimum Gasteiger partial charge on any atom is -0.377 e. The van der Waals surface area contributed by atoms with Crippen molar-refractivity contribution in [3.05, 3.63) is 35.9 Å². The molecule has 1 aromatic rings. The fraction of sp³-hybridized carbons (Fsp3) is 0.727. The quantitative estimate of drug-likeness (QED) is 0.670. The van der Waals surface area contributed by atoms with Crippen molar-refractivity contribution in [1.29, 1.82) is 0 Å². The molecular weight excluding hydrogens is 308 g/mol. The van der Waals surface area contributed by atoms with E-state index in [1.54, 1.807) is 0 Å². The Hall–Kier alpha value is -0.900. The van der Waals surface area contributed by atoms with Crippen LogP contribution >= 0.6 is 0 Å². The highest BCUT2D eigenvalue weighted by molar-refractivity contribution is 5.14. The van der Waals surface area contributed by atoms with E-state index in [9.17, 15) is 0 Å². The molecule has 1 aromatic carbocycles. The number of benzene rings is 1. The average molecular weight is 347 g/mol. The molecule has 3 heteroatoms. The topological polar surface area (TPSA) is 15.7 Å². The Labute approximate surface area is 155 Å². The van der Waals surface area contributed by atoms with E-state index >= 15 is 0 Å². The molecule has 1 aliphatic heterocycles. The van der Waals surface area contributed by atoms with Crippen molar-refractivity contribution in [2.45, 2.75) is 52.1 Å². The zero-order chi connectivity index (χ0) is 18.1. The Balaban J connectivity index is 1.76. The highest BCUT2D eigenvalue weighted by Crippen LogP contribution is 2.20. The number of hydrogen-bond donors (Lipinski definition) is 0. The van der Waals surface area contributed by atoms with Crippen LogP contribution in [0.15, 0.2) is 30.3 Å². The molecule has 0 spiro atoms. The largest absolute Gasteiger partial charge is 0.377 e. The first-order chi connectivity index (χ1) is 12.0. The Morgan fingerprint density at radius 3 is 2.60 bits per heavy atom. The monoisotopic (exact) mass is 346 g/mol. The minimum absolute atomic E-state index is 0.0531. The van der Waals surface area contributed by atoms with Gasteiger partial charge in [-0.15, -0.1) is 0 Å². The fourth-order valence-electron chi connectivity index (χ4n) is 3.84. The second-order valence-corrected chi connectivity index (χ2v) is 8.17. The maximum atomic E-state index is 5.62. The summed E-state index contributed by atoms with van der Waals surface area (Å²) in [5.74, 6) is 0.828. The predicted octanol–water partition coefficient (Wildman–Crippen LogP) is 4.08. The normalized spacial score (nSPS) is 20.0. The van der Waals surface area contributed by atoms with E-state index in [1.807, 2.05) is 7.11 Å². The van der Waals surface area contributed by atoms with E-state index in [1.165, 1.54) is 57.4 Å². The second-order valence-electron chi connectivity index (χ2n) is 8.17. The molecular formula is C22H38N2O. The summed E-state index contributed by atoms with van der Waals surface area (Å²) in [6.45, 7) is 13.7. The number of ether oxygens (including phenoxy) is 1. The van der Waals surface area contributed by atoms with Gasteiger partial charge in [0.1, 0.15) is 0 Å². The molecule has 0 radical (unpaired) electrons. The highest BCUT2D eigenvalue weighted by Gasteiger charge is 2.24. The van der Waals surface area contributed by atoms with Gasteiger partial charge in [-0.25, -0.2) is 0 Å². The van der Waals surface area contributed by atoms with Crippen molar-refractivity contribution >= 4 is 0 Å². The molecule has 1 heterocycles. The maximum absolute atomic E-state index is 5.62. The summed E-state index contributed by atoms with van der Waals surface area (Å²) in [5, 5.41) is 0. The minimum atomic E-state index is -0.0531. The number of hydrogen-bond acceptors (Lipinski definition) is 3. The summed E-state index contributed by atoms with van der Waals surface area (Å²) in [6.07, 6.45) is 5.21. The summed E-state index contributed by atoms with van der Waals surface area (Å²) >= 11 is 0. The van der Waals surface area contributed by atoms with E-state index in [-0.39, 0.29) is 5.60 Å². The van der Waals surface area contributed by atoms with E-state index in [0.29, 0.717) is 0 Å². The van der Waals surface area contributed by atoms with E-state index < -0.39 is 0 Å². The molecule has 142 valence electrons. The third-order valence-corrected chi connectivity index (χ3v) is 5.62. The third-order valence-electron chi connectivity index (χ3n) is 5.62. The van der Waals surface area contributed by atoms with Gasteiger partial charge in [-0.3, -0.25) is 0 Å². The number of methoxy groups -OCH3 is 1. The number of likely N-dealkylation sites (tertiary alicyclic amines) is 1. The molecule has 1 fully saturated rings. The summed E-state index contributed by atoms with van der Waals surface area (Å²) in [4.78, 5) is 5.25. The van der Waals surface area contributed by atoms with Crippen molar-refractivity contribution in [2.24, 2.45) is 5.92 Å². The van der Waals surface area contributed by atoms with Crippen LogP contribution in [0.5, 0.6) is 0 Å². The van der Waals surface area contributed by atoms with Gasteiger partial charge in [-0.2, -0.15) is 0 Å². The zero-order valence-electron chi connectivity index (χ0n) is 16.8. The van der Waals surface area contributed by atoms with Crippen LogP contribution in [0.25, 0.3) is 0 Å². The highest BCUT2D eigenvalue weighted by atomic mass is 16.5. The number of likely N-dealkylation sites (N-methyl/N-ethyl adjacent to an activating group) is 1. The number of rotatable bonds is 9. The van der Waals surface area contributed by atoms with Gasteiger partial charge in [0, 0.05) is 26.7 Å². The van der Waals surface area contributed by atoms with Crippen LogP contribution in [0.4, 0.5) is 0 Å². The number of nitrogens with zero attached hydrogens (tertiary/aromatic N) is 2. The maximum Gasteiger partial charge on any atom is 0.0749 e. The van der Waals surface area contributed by atoms with Crippen molar-refractivity contribution < 1.29 is 4.74 Å². The molecule has 0 aromatic heterocycles. The van der Waals surface area contributed by atoms with Crippen LogP contribution in [-0.4, -0.2) is 61.8 Å². The molecule has 1 unspecified atom stereocenters. The van der Waals surface area contributed by atoms with Gasteiger partial charge in [-0.05, 0) is 70.6 Å². The van der Waals surface area contributed by atoms with Gasteiger partial charge in [0.25, 0.3) is 0 Å². The molecule has 3 nitrogen and oxygen atoms in total. The molecule has 2 rings (SSSR count). The van der Waals surface area contributed by atoms with Gasteiger partial charge in [0.15, 0.2) is 0 Å². The molecule has 1 aliphatic rings. The van der Waals surface area contributed by atoms with Crippen molar-refractivity contribution in [2.75, 3.05) is 46.4 Å². The summed E-state index contributed by atoms with van der Waals surface area (Å²) < 4.78 is 5.62. The predicted molar refractivity (Wildman–Crippen MR) is 107 cm³/mol. The van der Waals surface area contributed by atoms with Crippen molar-refractivity contribution in [3.63, 3.8) is 0 Å². The first-order valence-corrected chi connectivity index (χ1v) is 10.1. The van der Waals surface area contributed by atoms with Crippen molar-refractivity contribution in [3.8, 4) is 0 Å². The molecule has 0 amide bonds. The first kappa shape index (κ1) is 20.4. The Morgan fingerprint density at radius 2 is 1.92 bits per heavy atom. The van der Waals surface area contributed by atoms with Gasteiger partial charge in [0.2, 0.25) is 0 Å². The van der Waals surface area contributed by atoms with E-state index in [4.69, 9.17) is 4.74 Å². The van der Waals surface area contributed by atoms with Gasteiger partial charge >= 0.3 is 0 Å². The molecule has 1 saturated heterocycles. The fourth-order valence-corrected chi connectivity index (χ4v) is 3.84. The van der Waals surface area contributed by atoms with Gasteiger partial charge in [-0.1, -0.05) is 37.3 Å². The van der Waals surface area contributed by atoms with Crippen LogP contribution in [0.2, 0.25) is 0 Å². The second kappa shape index (κ2) is 10.3.